The first kappa shape index (κ1) is 21.5. The minimum atomic E-state index is -0.998. The molecule has 1 radical (unpaired) electrons. The number of rotatable bonds is 5. The number of para-hydroxylation sites is 1. The summed E-state index contributed by atoms with van der Waals surface area (Å²) in [6.45, 7) is 2.07. The van der Waals surface area contributed by atoms with Crippen LogP contribution in [0.1, 0.15) is 18.4 Å². The number of halogens is 2. The van der Waals surface area contributed by atoms with Crippen molar-refractivity contribution in [2.24, 2.45) is 0 Å². The van der Waals surface area contributed by atoms with E-state index in [2.05, 4.69) is 10.2 Å². The normalized spacial score (nSPS) is 16.5. The third-order valence-electron chi connectivity index (χ3n) is 4.72. The third-order valence-corrected chi connectivity index (χ3v) is 5.42. The molecule has 2 aromatic rings. The molecule has 0 bridgehead atoms. The van der Waals surface area contributed by atoms with Crippen LogP contribution >= 0.6 is 23.2 Å². The van der Waals surface area contributed by atoms with Gasteiger partial charge in [-0.1, -0.05) is 53.5 Å². The van der Waals surface area contributed by atoms with Gasteiger partial charge in [-0.25, -0.2) is 4.79 Å². The van der Waals surface area contributed by atoms with E-state index >= 15 is 0 Å². The fourth-order valence-electron chi connectivity index (χ4n) is 3.17. The van der Waals surface area contributed by atoms with Crippen LogP contribution in [0.4, 0.5) is 5.69 Å². The molecule has 3 rings (SSSR count). The van der Waals surface area contributed by atoms with Gasteiger partial charge in [0.25, 0.3) is 0 Å². The Morgan fingerprint density at radius 3 is 2.19 bits per heavy atom. The van der Waals surface area contributed by atoms with Crippen LogP contribution in [0.2, 0.25) is 10.0 Å². The largest absolute Gasteiger partial charge is 0.480 e. The molecule has 133 valence electrons. The number of nitrogens with zero attached hydrogens (tertiary/aromatic N) is 1. The summed E-state index contributed by atoms with van der Waals surface area (Å²) in [7, 11) is 0. The van der Waals surface area contributed by atoms with Crippen LogP contribution in [0.25, 0.3) is 0 Å². The van der Waals surface area contributed by atoms with Crippen LogP contribution in [-0.2, 0) is 11.3 Å². The van der Waals surface area contributed by atoms with Crippen LogP contribution in [0.3, 0.4) is 0 Å². The third kappa shape index (κ3) is 4.94. The van der Waals surface area contributed by atoms with Crippen molar-refractivity contribution in [3.8, 4) is 0 Å². The zero-order chi connectivity index (χ0) is 17.9. The Morgan fingerprint density at radius 2 is 1.62 bits per heavy atom. The van der Waals surface area contributed by atoms with Crippen LogP contribution in [-0.4, -0.2) is 64.2 Å². The number of aliphatic carboxylic acids is 1. The first-order valence-corrected chi connectivity index (χ1v) is 8.98. The molecule has 2 aromatic carbocycles. The minimum absolute atomic E-state index is 0. The topological polar surface area (TPSA) is 52.6 Å². The van der Waals surface area contributed by atoms with Gasteiger partial charge in [0.05, 0.1) is 10.7 Å². The number of anilines is 1. The number of piperidine rings is 1. The van der Waals surface area contributed by atoms with Gasteiger partial charge in [0.1, 0.15) is 5.54 Å². The SMILES string of the molecule is O=C(O)C1(Nc2ccccc2Cl)CCN(Cc2ccccc2Cl)CC1.[Na]. The van der Waals surface area contributed by atoms with E-state index in [1.54, 1.807) is 6.07 Å². The summed E-state index contributed by atoms with van der Waals surface area (Å²) in [5.41, 5.74) is 0.722. The molecule has 0 aliphatic carbocycles. The van der Waals surface area contributed by atoms with E-state index in [4.69, 9.17) is 23.2 Å². The molecular formula is C19H20Cl2N2NaO2. The summed E-state index contributed by atoms with van der Waals surface area (Å²) >= 11 is 12.4. The Morgan fingerprint density at radius 1 is 1.04 bits per heavy atom. The zero-order valence-electron chi connectivity index (χ0n) is 14.7. The Kier molecular flexibility index (Phi) is 7.83. The van der Waals surface area contributed by atoms with Gasteiger partial charge in [0.2, 0.25) is 0 Å². The van der Waals surface area contributed by atoms with Gasteiger partial charge in [-0.2, -0.15) is 0 Å². The molecule has 0 spiro atoms. The van der Waals surface area contributed by atoms with E-state index in [1.807, 2.05) is 42.5 Å². The number of hydrogen-bond acceptors (Lipinski definition) is 3. The van der Waals surface area contributed by atoms with Gasteiger partial charge in [0, 0.05) is 54.2 Å². The standard InChI is InChI=1S/C19H20Cl2N2O2.Na/c20-15-6-2-1-5-14(15)13-23-11-9-19(10-12-23,18(24)25)22-17-8-4-3-7-16(17)21;/h1-8,22H,9-13H2,(H,24,25);. The van der Waals surface area contributed by atoms with Crippen LogP contribution in [0.15, 0.2) is 48.5 Å². The predicted octanol–water partition coefficient (Wildman–Crippen LogP) is 4.14. The number of carboxylic acid groups (broad SMARTS) is 1. The maximum absolute atomic E-state index is 12.0. The summed E-state index contributed by atoms with van der Waals surface area (Å²) < 4.78 is 0. The monoisotopic (exact) mass is 401 g/mol. The van der Waals surface area contributed by atoms with Crippen molar-refractivity contribution in [1.29, 1.82) is 0 Å². The molecule has 0 saturated carbocycles. The number of benzene rings is 2. The molecule has 0 aromatic heterocycles. The van der Waals surface area contributed by atoms with Crippen LogP contribution < -0.4 is 5.32 Å². The Bertz CT molecular complexity index is 765. The molecule has 1 saturated heterocycles. The van der Waals surface area contributed by atoms with Crippen molar-refractivity contribution >= 4 is 64.4 Å². The Labute approximate surface area is 185 Å². The van der Waals surface area contributed by atoms with Gasteiger partial charge >= 0.3 is 5.97 Å². The molecule has 4 nitrogen and oxygen atoms in total. The van der Waals surface area contributed by atoms with E-state index in [0.29, 0.717) is 36.6 Å². The van der Waals surface area contributed by atoms with E-state index in [1.165, 1.54) is 0 Å². The molecule has 26 heavy (non-hydrogen) atoms. The first-order valence-electron chi connectivity index (χ1n) is 8.22. The van der Waals surface area contributed by atoms with Crippen molar-refractivity contribution in [2.45, 2.75) is 24.9 Å². The number of carbonyl (C=O) groups is 1. The minimum Gasteiger partial charge on any atom is -0.480 e. The molecule has 1 aliphatic heterocycles. The van der Waals surface area contributed by atoms with Crippen molar-refractivity contribution < 1.29 is 9.90 Å². The fraction of sp³-hybridized carbons (Fsp3) is 0.316. The summed E-state index contributed by atoms with van der Waals surface area (Å²) in [6.07, 6.45) is 0.996. The maximum atomic E-state index is 12.0. The molecule has 2 N–H and O–H groups in total. The van der Waals surface area contributed by atoms with Gasteiger partial charge < -0.3 is 10.4 Å². The molecule has 0 amide bonds. The van der Waals surface area contributed by atoms with Crippen molar-refractivity contribution in [3.63, 3.8) is 0 Å². The van der Waals surface area contributed by atoms with Crippen LogP contribution in [0.5, 0.6) is 0 Å². The number of hydrogen-bond donors (Lipinski definition) is 2. The molecule has 0 unspecified atom stereocenters. The van der Waals surface area contributed by atoms with Gasteiger partial charge in [-0.3, -0.25) is 4.90 Å². The maximum Gasteiger partial charge on any atom is 0.329 e. The van der Waals surface area contributed by atoms with Crippen LogP contribution in [0, 0.1) is 0 Å². The van der Waals surface area contributed by atoms with Crippen molar-refractivity contribution in [2.75, 3.05) is 18.4 Å². The second kappa shape index (κ2) is 9.45. The Hall–Kier alpha value is -0.750. The Balaban J connectivity index is 0.00000243. The zero-order valence-corrected chi connectivity index (χ0v) is 18.2. The van der Waals surface area contributed by atoms with E-state index in [0.717, 1.165) is 17.1 Å². The molecule has 1 aliphatic rings. The fourth-order valence-corrected chi connectivity index (χ4v) is 3.55. The molecular weight excluding hydrogens is 382 g/mol. The van der Waals surface area contributed by atoms with Crippen molar-refractivity contribution in [3.05, 3.63) is 64.1 Å². The van der Waals surface area contributed by atoms with E-state index in [9.17, 15) is 9.90 Å². The summed E-state index contributed by atoms with van der Waals surface area (Å²) in [5.74, 6) is -0.843. The molecule has 1 heterocycles. The van der Waals surface area contributed by atoms with Gasteiger partial charge in [-0.15, -0.1) is 0 Å². The number of likely N-dealkylation sites (tertiary alicyclic amines) is 1. The molecule has 0 atom stereocenters. The number of nitrogens with one attached hydrogen (secondary N) is 1. The first-order chi connectivity index (χ1) is 12.0. The summed E-state index contributed by atoms with van der Waals surface area (Å²) in [4.78, 5) is 14.2. The second-order valence-corrected chi connectivity index (χ2v) is 7.17. The smallest absolute Gasteiger partial charge is 0.329 e. The summed E-state index contributed by atoms with van der Waals surface area (Å²) in [5, 5.41) is 14.3. The quantitative estimate of drug-likeness (QED) is 0.739. The second-order valence-electron chi connectivity index (χ2n) is 6.36. The van der Waals surface area contributed by atoms with Gasteiger partial charge in [-0.05, 0) is 36.6 Å². The average Bonchev–Trinajstić information content (AvgIpc) is 2.60. The number of carboxylic acids is 1. The van der Waals surface area contributed by atoms with Crippen molar-refractivity contribution in [1.82, 2.24) is 4.90 Å². The van der Waals surface area contributed by atoms with E-state index in [-0.39, 0.29) is 29.6 Å². The average molecular weight is 402 g/mol. The predicted molar refractivity (Wildman–Crippen MR) is 107 cm³/mol. The van der Waals surface area contributed by atoms with E-state index < -0.39 is 11.5 Å². The summed E-state index contributed by atoms with van der Waals surface area (Å²) in [6, 6.07) is 15.0. The molecule has 7 heteroatoms. The van der Waals surface area contributed by atoms with Gasteiger partial charge in [0.15, 0.2) is 0 Å². The molecule has 1 fully saturated rings.